The highest BCUT2D eigenvalue weighted by Crippen LogP contribution is 2.36. The summed E-state index contributed by atoms with van der Waals surface area (Å²) >= 11 is 0. The van der Waals surface area contributed by atoms with Crippen LogP contribution in [0.1, 0.15) is 36.5 Å². The molecule has 1 saturated heterocycles. The van der Waals surface area contributed by atoms with Crippen LogP contribution in [0.15, 0.2) is 24.3 Å². The zero-order valence-electron chi connectivity index (χ0n) is 11.6. The largest absolute Gasteiger partial charge is 0.380 e. The molecule has 104 valence electrons. The van der Waals surface area contributed by atoms with Crippen molar-refractivity contribution in [2.24, 2.45) is 5.92 Å². The number of ether oxygens (including phenoxy) is 2. The molecule has 0 bridgehead atoms. The van der Waals surface area contributed by atoms with Crippen molar-refractivity contribution in [3.05, 3.63) is 35.4 Å². The molecular weight excluding hydrogens is 238 g/mol. The minimum atomic E-state index is 0.234. The first-order valence-electron chi connectivity index (χ1n) is 7.30. The summed E-state index contributed by atoms with van der Waals surface area (Å²) in [5.74, 6) is 0.596. The lowest BCUT2D eigenvalue weighted by Crippen LogP contribution is -2.26. The van der Waals surface area contributed by atoms with Crippen molar-refractivity contribution in [1.29, 1.82) is 0 Å². The second kappa shape index (κ2) is 6.04. The molecular formula is C16H23NO2. The number of nitrogens with one attached hydrogen (secondary N) is 1. The van der Waals surface area contributed by atoms with E-state index in [4.69, 9.17) is 9.47 Å². The smallest absolute Gasteiger partial charge is 0.0869 e. The summed E-state index contributed by atoms with van der Waals surface area (Å²) < 4.78 is 11.3. The van der Waals surface area contributed by atoms with E-state index < -0.39 is 0 Å². The van der Waals surface area contributed by atoms with E-state index in [2.05, 4.69) is 29.6 Å². The molecule has 0 amide bonds. The van der Waals surface area contributed by atoms with Gasteiger partial charge in [-0.1, -0.05) is 24.3 Å². The molecule has 0 spiro atoms. The monoisotopic (exact) mass is 261 g/mol. The van der Waals surface area contributed by atoms with E-state index in [1.165, 1.54) is 24.0 Å². The zero-order chi connectivity index (χ0) is 13.1. The highest BCUT2D eigenvalue weighted by atomic mass is 16.5. The van der Waals surface area contributed by atoms with Crippen molar-refractivity contribution in [3.8, 4) is 0 Å². The van der Waals surface area contributed by atoms with Crippen LogP contribution in [0.4, 0.5) is 0 Å². The molecule has 1 saturated carbocycles. The van der Waals surface area contributed by atoms with E-state index in [0.29, 0.717) is 12.5 Å². The minimum Gasteiger partial charge on any atom is -0.380 e. The number of hydrogen-bond donors (Lipinski definition) is 1. The lowest BCUT2D eigenvalue weighted by atomic mass is 9.92. The maximum Gasteiger partial charge on any atom is 0.0869 e. The Hall–Kier alpha value is -0.900. The van der Waals surface area contributed by atoms with Crippen molar-refractivity contribution >= 4 is 0 Å². The third-order valence-corrected chi connectivity index (χ3v) is 4.12. The molecule has 1 aliphatic heterocycles. The van der Waals surface area contributed by atoms with E-state index in [-0.39, 0.29) is 6.10 Å². The van der Waals surface area contributed by atoms with Gasteiger partial charge in [0.2, 0.25) is 0 Å². The molecule has 2 atom stereocenters. The van der Waals surface area contributed by atoms with Gasteiger partial charge in [-0.3, -0.25) is 0 Å². The quantitative estimate of drug-likeness (QED) is 0.854. The lowest BCUT2D eigenvalue weighted by molar-refractivity contribution is 0.0873. The van der Waals surface area contributed by atoms with Crippen LogP contribution in [-0.2, 0) is 16.1 Å². The molecule has 0 aromatic heterocycles. The van der Waals surface area contributed by atoms with E-state index >= 15 is 0 Å². The summed E-state index contributed by atoms with van der Waals surface area (Å²) in [4.78, 5) is 0. The molecule has 1 aromatic rings. The molecule has 2 aliphatic rings. The van der Waals surface area contributed by atoms with Gasteiger partial charge in [-0.25, -0.2) is 0 Å². The van der Waals surface area contributed by atoms with Gasteiger partial charge in [-0.05, 0) is 30.4 Å². The molecule has 3 heteroatoms. The van der Waals surface area contributed by atoms with Crippen LogP contribution < -0.4 is 5.32 Å². The summed E-state index contributed by atoms with van der Waals surface area (Å²) in [5.41, 5.74) is 2.57. The van der Waals surface area contributed by atoms with Crippen LogP contribution in [0.3, 0.4) is 0 Å². The van der Waals surface area contributed by atoms with Crippen LogP contribution in [-0.4, -0.2) is 26.3 Å². The van der Waals surface area contributed by atoms with Crippen LogP contribution in [0.5, 0.6) is 0 Å². The van der Waals surface area contributed by atoms with Gasteiger partial charge >= 0.3 is 0 Å². The Kier molecular flexibility index (Phi) is 4.16. The molecule has 3 rings (SSSR count). The van der Waals surface area contributed by atoms with Gasteiger partial charge < -0.3 is 14.8 Å². The topological polar surface area (TPSA) is 30.5 Å². The Morgan fingerprint density at radius 2 is 2.11 bits per heavy atom. The van der Waals surface area contributed by atoms with Crippen molar-refractivity contribution in [1.82, 2.24) is 5.32 Å². The Morgan fingerprint density at radius 3 is 2.89 bits per heavy atom. The van der Waals surface area contributed by atoms with Crippen molar-refractivity contribution < 1.29 is 9.47 Å². The van der Waals surface area contributed by atoms with Gasteiger partial charge in [-0.2, -0.15) is 0 Å². The Balaban J connectivity index is 1.71. The minimum absolute atomic E-state index is 0.234. The van der Waals surface area contributed by atoms with Crippen molar-refractivity contribution in [2.75, 3.05) is 20.3 Å². The normalized spacial score (nSPS) is 26.8. The molecule has 1 aromatic carbocycles. The molecule has 2 unspecified atom stereocenters. The van der Waals surface area contributed by atoms with Gasteiger partial charge in [0.25, 0.3) is 0 Å². The summed E-state index contributed by atoms with van der Waals surface area (Å²) in [5, 5.41) is 3.64. The first-order chi connectivity index (χ1) is 9.38. The standard InChI is InChI=1S/C16H23NO2/c1-18-11-13-4-2-3-5-15(13)16-12(8-9-19-16)10-17-14-6-7-14/h2-5,12,14,16-17H,6-11H2,1H3. The van der Waals surface area contributed by atoms with Crippen LogP contribution in [0.25, 0.3) is 0 Å². The Bertz CT molecular complexity index is 417. The first-order valence-corrected chi connectivity index (χ1v) is 7.30. The summed E-state index contributed by atoms with van der Waals surface area (Å²) in [6.45, 7) is 2.62. The molecule has 1 N–H and O–H groups in total. The van der Waals surface area contributed by atoms with Crippen molar-refractivity contribution in [2.45, 2.75) is 38.0 Å². The van der Waals surface area contributed by atoms with Gasteiger partial charge in [0.15, 0.2) is 0 Å². The van der Waals surface area contributed by atoms with Crippen molar-refractivity contribution in [3.63, 3.8) is 0 Å². The average molecular weight is 261 g/mol. The maximum atomic E-state index is 6.00. The van der Waals surface area contributed by atoms with Crippen LogP contribution in [0.2, 0.25) is 0 Å². The van der Waals surface area contributed by atoms with E-state index in [1.807, 2.05) is 0 Å². The number of hydrogen-bond acceptors (Lipinski definition) is 3. The van der Waals surface area contributed by atoms with Gasteiger partial charge in [0.05, 0.1) is 12.7 Å². The summed E-state index contributed by atoms with van der Waals surface area (Å²) in [6.07, 6.45) is 4.08. The number of rotatable bonds is 6. The SMILES string of the molecule is COCc1ccccc1C1OCCC1CNC1CC1. The third kappa shape index (κ3) is 3.16. The molecule has 1 heterocycles. The number of benzene rings is 1. The second-order valence-electron chi connectivity index (χ2n) is 5.65. The highest BCUT2D eigenvalue weighted by Gasteiger charge is 2.32. The van der Waals surface area contributed by atoms with Crippen LogP contribution >= 0.6 is 0 Å². The maximum absolute atomic E-state index is 6.00. The molecule has 19 heavy (non-hydrogen) atoms. The van der Waals surface area contributed by atoms with Gasteiger partial charge in [0.1, 0.15) is 0 Å². The Labute approximate surface area is 115 Å². The first kappa shape index (κ1) is 13.1. The molecule has 3 nitrogen and oxygen atoms in total. The lowest BCUT2D eigenvalue weighted by Gasteiger charge is -2.22. The van der Waals surface area contributed by atoms with Gasteiger partial charge in [0, 0.05) is 32.2 Å². The Morgan fingerprint density at radius 1 is 1.26 bits per heavy atom. The fourth-order valence-electron chi connectivity index (χ4n) is 2.89. The van der Waals surface area contributed by atoms with Gasteiger partial charge in [-0.15, -0.1) is 0 Å². The van der Waals surface area contributed by atoms with E-state index in [9.17, 15) is 0 Å². The summed E-state index contributed by atoms with van der Waals surface area (Å²) in [6, 6.07) is 9.28. The molecule has 1 aliphatic carbocycles. The number of methoxy groups -OCH3 is 1. The van der Waals surface area contributed by atoms with E-state index in [0.717, 1.165) is 25.6 Å². The van der Waals surface area contributed by atoms with Crippen LogP contribution in [0, 0.1) is 5.92 Å². The summed E-state index contributed by atoms with van der Waals surface area (Å²) in [7, 11) is 1.75. The highest BCUT2D eigenvalue weighted by molar-refractivity contribution is 5.29. The second-order valence-corrected chi connectivity index (χ2v) is 5.65. The zero-order valence-corrected chi connectivity index (χ0v) is 11.6. The molecule has 2 fully saturated rings. The average Bonchev–Trinajstić information content (AvgIpc) is 3.15. The third-order valence-electron chi connectivity index (χ3n) is 4.12. The fourth-order valence-corrected chi connectivity index (χ4v) is 2.89. The van der Waals surface area contributed by atoms with E-state index in [1.54, 1.807) is 7.11 Å². The molecule has 0 radical (unpaired) electrons. The predicted molar refractivity (Wildman–Crippen MR) is 75.0 cm³/mol. The predicted octanol–water partition coefficient (Wildman–Crippen LogP) is 2.66. The fraction of sp³-hybridized carbons (Fsp3) is 0.625.